The van der Waals surface area contributed by atoms with E-state index in [-0.39, 0.29) is 49.3 Å². The molecule has 158 valence electrons. The molecule has 1 N–H and O–H groups in total. The number of hydrogen-bond acceptors (Lipinski definition) is 4. The minimum absolute atomic E-state index is 0.0198. The van der Waals surface area contributed by atoms with Gasteiger partial charge in [-0.1, -0.05) is 28.1 Å². The second-order valence-corrected chi connectivity index (χ2v) is 10.1. The Labute approximate surface area is 182 Å². The first-order valence-electron chi connectivity index (χ1n) is 9.39. The summed E-state index contributed by atoms with van der Waals surface area (Å²) in [6, 6.07) is 10.5. The first kappa shape index (κ1) is 21.0. The van der Waals surface area contributed by atoms with Gasteiger partial charge >= 0.3 is 0 Å². The van der Waals surface area contributed by atoms with Crippen molar-refractivity contribution in [2.75, 3.05) is 31.5 Å². The molecule has 0 bridgehead atoms. The maximum atomic E-state index is 13.5. The number of nitrogens with zero attached hydrogens (tertiary/aromatic N) is 2. The smallest absolute Gasteiger partial charge is 0.243 e. The van der Waals surface area contributed by atoms with Gasteiger partial charge in [-0.3, -0.25) is 9.59 Å². The molecule has 0 spiro atoms. The van der Waals surface area contributed by atoms with Crippen LogP contribution in [0.25, 0.3) is 0 Å². The molecule has 1 atom stereocenters. The Balaban J connectivity index is 1.48. The van der Waals surface area contributed by atoms with E-state index in [4.69, 9.17) is 0 Å². The average molecular weight is 496 g/mol. The van der Waals surface area contributed by atoms with Crippen LogP contribution in [0.2, 0.25) is 0 Å². The van der Waals surface area contributed by atoms with Gasteiger partial charge in [0.2, 0.25) is 21.8 Å². The number of sulfonamides is 1. The van der Waals surface area contributed by atoms with Crippen LogP contribution in [0.4, 0.5) is 10.1 Å². The van der Waals surface area contributed by atoms with E-state index in [9.17, 15) is 22.4 Å². The summed E-state index contributed by atoms with van der Waals surface area (Å²) in [5.74, 6) is -1.80. The predicted octanol–water partition coefficient (Wildman–Crippen LogP) is 2.55. The molecule has 2 aromatic rings. The quantitative estimate of drug-likeness (QED) is 0.708. The highest BCUT2D eigenvalue weighted by atomic mass is 79.9. The zero-order valence-electron chi connectivity index (χ0n) is 15.8. The molecule has 1 unspecified atom stereocenters. The first-order chi connectivity index (χ1) is 14.3. The molecule has 1 fully saturated rings. The van der Waals surface area contributed by atoms with Crippen molar-refractivity contribution in [3.63, 3.8) is 0 Å². The van der Waals surface area contributed by atoms with E-state index < -0.39 is 21.8 Å². The summed E-state index contributed by atoms with van der Waals surface area (Å²) in [6.07, 6.45) is -0.0198. The van der Waals surface area contributed by atoms with Crippen LogP contribution in [0.1, 0.15) is 17.9 Å². The number of hydrogen-bond donors (Lipinski definition) is 1. The van der Waals surface area contributed by atoms with E-state index in [0.717, 1.165) is 0 Å². The van der Waals surface area contributed by atoms with Gasteiger partial charge in [0.25, 0.3) is 0 Å². The summed E-state index contributed by atoms with van der Waals surface area (Å²) in [6.45, 7) is 0.771. The molecular weight excluding hydrogens is 477 g/mol. The zero-order chi connectivity index (χ0) is 21.5. The molecule has 2 amide bonds. The molecule has 2 aromatic carbocycles. The average Bonchev–Trinajstić information content (AvgIpc) is 2.72. The minimum atomic E-state index is -3.66. The van der Waals surface area contributed by atoms with Crippen LogP contribution in [0.5, 0.6) is 0 Å². The summed E-state index contributed by atoms with van der Waals surface area (Å²) in [5.41, 5.74) is 0.880. The van der Waals surface area contributed by atoms with Gasteiger partial charge in [0.15, 0.2) is 0 Å². The van der Waals surface area contributed by atoms with Crippen molar-refractivity contribution in [3.8, 4) is 0 Å². The normalized spacial score (nSPS) is 19.9. The number of rotatable bonds is 3. The molecule has 1 saturated heterocycles. The molecule has 7 nitrogen and oxygen atoms in total. The number of amides is 2. The minimum Gasteiger partial charge on any atom is -0.340 e. The fourth-order valence-corrected chi connectivity index (χ4v) is 5.82. The van der Waals surface area contributed by atoms with Gasteiger partial charge in [0, 0.05) is 42.8 Å². The Morgan fingerprint density at radius 1 is 1.10 bits per heavy atom. The Hall–Kier alpha value is -2.30. The molecule has 2 aliphatic rings. The first-order valence-corrected chi connectivity index (χ1v) is 11.6. The lowest BCUT2D eigenvalue weighted by atomic mass is 9.89. The lowest BCUT2D eigenvalue weighted by Gasteiger charge is -2.36. The van der Waals surface area contributed by atoms with Crippen LogP contribution >= 0.6 is 15.9 Å². The molecule has 2 heterocycles. The van der Waals surface area contributed by atoms with E-state index in [1.54, 1.807) is 23.1 Å². The molecule has 0 radical (unpaired) electrons. The third-order valence-corrected chi connectivity index (χ3v) is 7.72. The Kier molecular flexibility index (Phi) is 5.65. The number of nitrogens with one attached hydrogen (secondary N) is 1. The van der Waals surface area contributed by atoms with E-state index in [1.165, 1.54) is 28.6 Å². The highest BCUT2D eigenvalue weighted by molar-refractivity contribution is 9.10. The van der Waals surface area contributed by atoms with E-state index >= 15 is 0 Å². The summed E-state index contributed by atoms with van der Waals surface area (Å²) in [5, 5.41) is 2.60. The number of halogens is 2. The fourth-order valence-electron chi connectivity index (χ4n) is 3.80. The van der Waals surface area contributed by atoms with E-state index in [0.29, 0.717) is 15.7 Å². The van der Waals surface area contributed by atoms with Crippen LogP contribution in [0, 0.1) is 5.82 Å². The number of benzene rings is 2. The predicted molar refractivity (Wildman–Crippen MR) is 112 cm³/mol. The van der Waals surface area contributed by atoms with Crippen molar-refractivity contribution in [1.82, 2.24) is 9.21 Å². The zero-order valence-corrected chi connectivity index (χ0v) is 18.2. The number of carbonyl (C=O) groups excluding carboxylic acids is 2. The topological polar surface area (TPSA) is 86.8 Å². The van der Waals surface area contributed by atoms with Crippen molar-refractivity contribution in [1.29, 1.82) is 0 Å². The van der Waals surface area contributed by atoms with Crippen LogP contribution < -0.4 is 5.32 Å². The second-order valence-electron chi connectivity index (χ2n) is 7.22. The third-order valence-electron chi connectivity index (χ3n) is 5.34. The van der Waals surface area contributed by atoms with Gasteiger partial charge < -0.3 is 10.2 Å². The third kappa shape index (κ3) is 3.99. The van der Waals surface area contributed by atoms with Crippen molar-refractivity contribution in [3.05, 3.63) is 58.3 Å². The summed E-state index contributed by atoms with van der Waals surface area (Å²) >= 11 is 3.28. The number of anilines is 1. The molecule has 10 heteroatoms. The van der Waals surface area contributed by atoms with E-state index in [1.807, 2.05) is 0 Å². The molecular formula is C20H19BrFN3O4S. The lowest BCUT2D eigenvalue weighted by molar-refractivity contribution is -0.136. The van der Waals surface area contributed by atoms with Crippen molar-refractivity contribution in [2.24, 2.45) is 0 Å². The maximum absolute atomic E-state index is 13.5. The second kappa shape index (κ2) is 8.09. The molecule has 4 rings (SSSR count). The fraction of sp³-hybridized carbons (Fsp3) is 0.300. The Bertz CT molecular complexity index is 1120. The number of fused-ring (bicyclic) bond motifs is 1. The van der Waals surface area contributed by atoms with Crippen molar-refractivity contribution >= 4 is 43.5 Å². The Morgan fingerprint density at radius 3 is 2.53 bits per heavy atom. The summed E-state index contributed by atoms with van der Waals surface area (Å²) in [4.78, 5) is 26.9. The SMILES string of the molecule is O=C1CC(C(=O)N2CCN(S(=O)(=O)c3cccc(Br)c3)CC2)c2ccc(F)cc2N1. The van der Waals surface area contributed by atoms with Crippen molar-refractivity contribution < 1.29 is 22.4 Å². The largest absolute Gasteiger partial charge is 0.340 e. The van der Waals surface area contributed by atoms with Gasteiger partial charge in [-0.25, -0.2) is 12.8 Å². The van der Waals surface area contributed by atoms with Crippen LogP contribution in [-0.2, 0) is 19.6 Å². The molecule has 0 saturated carbocycles. The maximum Gasteiger partial charge on any atom is 0.243 e. The monoisotopic (exact) mass is 495 g/mol. The molecule has 2 aliphatic heterocycles. The Morgan fingerprint density at radius 2 is 1.83 bits per heavy atom. The van der Waals surface area contributed by atoms with Gasteiger partial charge in [0.05, 0.1) is 10.8 Å². The standard InChI is InChI=1S/C20H19BrFN3O4S/c21-13-2-1-3-15(10-13)30(28,29)25-8-6-24(7-9-25)20(27)17-12-19(26)23-18-11-14(22)4-5-16(17)18/h1-5,10-11,17H,6-9,12H2,(H,23,26). The summed E-state index contributed by atoms with van der Waals surface area (Å²) in [7, 11) is -3.66. The van der Waals surface area contributed by atoms with E-state index in [2.05, 4.69) is 21.2 Å². The van der Waals surface area contributed by atoms with Gasteiger partial charge in [0.1, 0.15) is 5.82 Å². The summed E-state index contributed by atoms with van der Waals surface area (Å²) < 4.78 is 41.3. The highest BCUT2D eigenvalue weighted by Crippen LogP contribution is 2.34. The number of piperazine rings is 1. The molecule has 0 aromatic heterocycles. The highest BCUT2D eigenvalue weighted by Gasteiger charge is 2.36. The van der Waals surface area contributed by atoms with Gasteiger partial charge in [-0.05, 0) is 35.9 Å². The number of carbonyl (C=O) groups is 2. The molecule has 0 aliphatic carbocycles. The van der Waals surface area contributed by atoms with Gasteiger partial charge in [-0.2, -0.15) is 4.31 Å². The van der Waals surface area contributed by atoms with Crippen LogP contribution in [0.15, 0.2) is 51.8 Å². The molecule has 30 heavy (non-hydrogen) atoms. The van der Waals surface area contributed by atoms with Crippen LogP contribution in [-0.4, -0.2) is 55.6 Å². The van der Waals surface area contributed by atoms with Gasteiger partial charge in [-0.15, -0.1) is 0 Å². The van der Waals surface area contributed by atoms with Crippen LogP contribution in [0.3, 0.4) is 0 Å². The van der Waals surface area contributed by atoms with Crippen molar-refractivity contribution in [2.45, 2.75) is 17.2 Å². The lowest BCUT2D eigenvalue weighted by Crippen LogP contribution is -2.52.